The SMILES string of the molecule is CC(C#N)CN(C)c1c(F)cc(N)cc1F. The van der Waals surface area contributed by atoms with Crippen LogP contribution in [-0.4, -0.2) is 13.6 Å². The molecule has 1 aromatic rings. The van der Waals surface area contributed by atoms with E-state index in [-0.39, 0.29) is 23.8 Å². The molecule has 0 radical (unpaired) electrons. The van der Waals surface area contributed by atoms with Crippen molar-refractivity contribution in [1.29, 1.82) is 5.26 Å². The van der Waals surface area contributed by atoms with Gasteiger partial charge >= 0.3 is 0 Å². The molecular weight excluding hydrogens is 212 g/mol. The summed E-state index contributed by atoms with van der Waals surface area (Å²) in [4.78, 5) is 1.37. The van der Waals surface area contributed by atoms with E-state index in [1.807, 2.05) is 6.07 Å². The zero-order valence-electron chi connectivity index (χ0n) is 9.17. The molecule has 0 aliphatic carbocycles. The number of hydrogen-bond acceptors (Lipinski definition) is 3. The topological polar surface area (TPSA) is 53.0 Å². The van der Waals surface area contributed by atoms with Gasteiger partial charge in [0.05, 0.1) is 12.0 Å². The Kier molecular flexibility index (Phi) is 3.67. The van der Waals surface area contributed by atoms with Crippen molar-refractivity contribution in [3.63, 3.8) is 0 Å². The van der Waals surface area contributed by atoms with Crippen LogP contribution in [0.4, 0.5) is 20.2 Å². The minimum Gasteiger partial charge on any atom is -0.399 e. The van der Waals surface area contributed by atoms with Gasteiger partial charge in [-0.2, -0.15) is 5.26 Å². The summed E-state index contributed by atoms with van der Waals surface area (Å²) in [7, 11) is 1.53. The van der Waals surface area contributed by atoms with Gasteiger partial charge in [0.1, 0.15) is 5.69 Å². The summed E-state index contributed by atoms with van der Waals surface area (Å²) in [6.45, 7) is 1.94. The number of nitriles is 1. The van der Waals surface area contributed by atoms with E-state index in [1.54, 1.807) is 6.92 Å². The van der Waals surface area contributed by atoms with E-state index in [2.05, 4.69) is 0 Å². The highest BCUT2D eigenvalue weighted by Crippen LogP contribution is 2.25. The molecule has 3 nitrogen and oxygen atoms in total. The van der Waals surface area contributed by atoms with Crippen molar-refractivity contribution in [1.82, 2.24) is 0 Å². The first kappa shape index (κ1) is 12.2. The minimum absolute atomic E-state index is 0.0421. The summed E-state index contributed by atoms with van der Waals surface area (Å²) in [6.07, 6.45) is 0. The van der Waals surface area contributed by atoms with Crippen LogP contribution in [0.25, 0.3) is 0 Å². The maximum absolute atomic E-state index is 13.5. The average Bonchev–Trinajstić information content (AvgIpc) is 2.15. The maximum atomic E-state index is 13.5. The van der Waals surface area contributed by atoms with Gasteiger partial charge < -0.3 is 10.6 Å². The normalized spacial score (nSPS) is 11.9. The predicted octanol–water partition coefficient (Wildman–Crippen LogP) is 2.14. The standard InChI is InChI=1S/C11H13F2N3/c1-7(5-14)6-16(2)11-9(12)3-8(15)4-10(11)13/h3-4,7H,6,15H2,1-2H3. The summed E-state index contributed by atoms with van der Waals surface area (Å²) < 4.78 is 26.9. The molecule has 1 aromatic carbocycles. The molecule has 16 heavy (non-hydrogen) atoms. The Balaban J connectivity index is 3.00. The molecule has 0 bridgehead atoms. The minimum atomic E-state index is -0.717. The fraction of sp³-hybridized carbons (Fsp3) is 0.364. The highest BCUT2D eigenvalue weighted by atomic mass is 19.1. The van der Waals surface area contributed by atoms with Crippen LogP contribution < -0.4 is 10.6 Å². The number of anilines is 2. The fourth-order valence-electron chi connectivity index (χ4n) is 1.49. The quantitative estimate of drug-likeness (QED) is 0.802. The Morgan fingerprint density at radius 2 is 1.94 bits per heavy atom. The summed E-state index contributed by atoms with van der Waals surface area (Å²) in [5, 5.41) is 8.63. The Bertz CT molecular complexity index is 403. The van der Waals surface area contributed by atoms with Crippen LogP contribution in [0.2, 0.25) is 0 Å². The van der Waals surface area contributed by atoms with Crippen LogP contribution in [0.1, 0.15) is 6.92 Å². The maximum Gasteiger partial charge on any atom is 0.151 e. The number of halogens is 2. The van der Waals surface area contributed by atoms with E-state index in [0.29, 0.717) is 0 Å². The molecule has 1 atom stereocenters. The largest absolute Gasteiger partial charge is 0.399 e. The van der Waals surface area contributed by atoms with Crippen molar-refractivity contribution in [2.24, 2.45) is 5.92 Å². The second-order valence-electron chi connectivity index (χ2n) is 3.74. The smallest absolute Gasteiger partial charge is 0.151 e. The van der Waals surface area contributed by atoms with Gasteiger partial charge in [0, 0.05) is 19.3 Å². The van der Waals surface area contributed by atoms with Crippen LogP contribution >= 0.6 is 0 Å². The molecule has 86 valence electrons. The number of nitrogens with zero attached hydrogens (tertiary/aromatic N) is 2. The lowest BCUT2D eigenvalue weighted by atomic mass is 10.1. The monoisotopic (exact) mass is 225 g/mol. The van der Waals surface area contributed by atoms with Crippen molar-refractivity contribution in [3.05, 3.63) is 23.8 Å². The molecule has 0 fully saturated rings. The molecule has 2 N–H and O–H groups in total. The second-order valence-corrected chi connectivity index (χ2v) is 3.74. The van der Waals surface area contributed by atoms with Gasteiger partial charge in [0.15, 0.2) is 11.6 Å². The number of benzene rings is 1. The molecule has 1 rings (SSSR count). The zero-order chi connectivity index (χ0) is 12.3. The van der Waals surface area contributed by atoms with Crippen molar-refractivity contribution < 1.29 is 8.78 Å². The fourth-order valence-corrected chi connectivity index (χ4v) is 1.49. The van der Waals surface area contributed by atoms with Crippen LogP contribution in [0.3, 0.4) is 0 Å². The number of rotatable bonds is 3. The summed E-state index contributed by atoms with van der Waals surface area (Å²) in [5.74, 6) is -1.74. The third-order valence-corrected chi connectivity index (χ3v) is 2.19. The van der Waals surface area contributed by atoms with Gasteiger partial charge in [0.2, 0.25) is 0 Å². The molecule has 0 saturated carbocycles. The first-order chi connectivity index (χ1) is 7.45. The molecule has 0 aliphatic heterocycles. The predicted molar refractivity (Wildman–Crippen MR) is 58.8 cm³/mol. The van der Waals surface area contributed by atoms with E-state index in [1.165, 1.54) is 11.9 Å². The van der Waals surface area contributed by atoms with Crippen molar-refractivity contribution in [2.75, 3.05) is 24.2 Å². The Hall–Kier alpha value is -1.83. The molecule has 0 amide bonds. The Morgan fingerprint density at radius 3 is 2.38 bits per heavy atom. The zero-order valence-corrected chi connectivity index (χ0v) is 9.17. The van der Waals surface area contributed by atoms with E-state index in [4.69, 9.17) is 11.0 Å². The van der Waals surface area contributed by atoms with Crippen molar-refractivity contribution >= 4 is 11.4 Å². The number of nitrogens with two attached hydrogens (primary N) is 1. The highest BCUT2D eigenvalue weighted by Gasteiger charge is 2.16. The van der Waals surface area contributed by atoms with E-state index < -0.39 is 11.6 Å². The summed E-state index contributed by atoms with van der Waals surface area (Å²) in [5.41, 5.74) is 5.19. The van der Waals surface area contributed by atoms with Crippen LogP contribution in [0.15, 0.2) is 12.1 Å². The molecule has 0 spiro atoms. The molecular formula is C11H13F2N3. The van der Waals surface area contributed by atoms with Gasteiger partial charge in [-0.3, -0.25) is 0 Å². The van der Waals surface area contributed by atoms with Gasteiger partial charge in [-0.05, 0) is 19.1 Å². The third-order valence-electron chi connectivity index (χ3n) is 2.19. The van der Waals surface area contributed by atoms with Gasteiger partial charge in [0.25, 0.3) is 0 Å². The first-order valence-electron chi connectivity index (χ1n) is 4.81. The lowest BCUT2D eigenvalue weighted by molar-refractivity contribution is 0.571. The first-order valence-corrected chi connectivity index (χ1v) is 4.81. The second kappa shape index (κ2) is 4.79. The van der Waals surface area contributed by atoms with Gasteiger partial charge in [-0.25, -0.2) is 8.78 Å². The highest BCUT2D eigenvalue weighted by molar-refractivity contribution is 5.55. The molecule has 5 heteroatoms. The molecule has 0 heterocycles. The lowest BCUT2D eigenvalue weighted by Gasteiger charge is -2.21. The van der Waals surface area contributed by atoms with Crippen LogP contribution in [0, 0.1) is 28.9 Å². The Labute approximate surface area is 93.1 Å². The van der Waals surface area contributed by atoms with Crippen LogP contribution in [-0.2, 0) is 0 Å². The molecule has 1 unspecified atom stereocenters. The van der Waals surface area contributed by atoms with Crippen LogP contribution in [0.5, 0.6) is 0 Å². The number of nitrogen functional groups attached to an aromatic ring is 1. The Morgan fingerprint density at radius 1 is 1.44 bits per heavy atom. The van der Waals surface area contributed by atoms with E-state index in [0.717, 1.165) is 12.1 Å². The molecule has 0 saturated heterocycles. The van der Waals surface area contributed by atoms with Gasteiger partial charge in [-0.15, -0.1) is 0 Å². The summed E-state index contributed by atoms with van der Waals surface area (Å²) in [6, 6.07) is 4.13. The van der Waals surface area contributed by atoms with Crippen molar-refractivity contribution in [2.45, 2.75) is 6.92 Å². The number of hydrogen-bond donors (Lipinski definition) is 1. The average molecular weight is 225 g/mol. The van der Waals surface area contributed by atoms with E-state index >= 15 is 0 Å². The molecule has 0 aliphatic rings. The van der Waals surface area contributed by atoms with Gasteiger partial charge in [-0.1, -0.05) is 0 Å². The molecule has 0 aromatic heterocycles. The van der Waals surface area contributed by atoms with Crippen molar-refractivity contribution in [3.8, 4) is 6.07 Å². The third kappa shape index (κ3) is 2.60. The lowest BCUT2D eigenvalue weighted by Crippen LogP contribution is -2.25. The van der Waals surface area contributed by atoms with E-state index in [9.17, 15) is 8.78 Å². The summed E-state index contributed by atoms with van der Waals surface area (Å²) >= 11 is 0.